The molecule has 0 saturated heterocycles. The normalized spacial score (nSPS) is 16.9. The highest BCUT2D eigenvalue weighted by Crippen LogP contribution is 2.28. The molecular weight excluding hydrogens is 294 g/mol. The molecule has 0 heterocycles. The number of benzene rings is 1. The zero-order valence-electron chi connectivity index (χ0n) is 11.9. The molecule has 20 heavy (non-hydrogen) atoms. The van der Waals surface area contributed by atoms with Crippen molar-refractivity contribution in [3.63, 3.8) is 0 Å². The monoisotopic (exact) mass is 315 g/mol. The molecule has 1 aliphatic rings. The molecule has 0 aromatic heterocycles. The van der Waals surface area contributed by atoms with Crippen molar-refractivity contribution >= 4 is 21.6 Å². The minimum absolute atomic E-state index is 0.174. The summed E-state index contributed by atoms with van der Waals surface area (Å²) in [6, 6.07) is 7.30. The third kappa shape index (κ3) is 3.35. The van der Waals surface area contributed by atoms with Gasteiger partial charge in [-0.05, 0) is 37.0 Å². The Morgan fingerprint density at radius 2 is 1.80 bits per heavy atom. The van der Waals surface area contributed by atoms with E-state index < -0.39 is 10.0 Å². The maximum absolute atomic E-state index is 12.7. The summed E-state index contributed by atoms with van der Waals surface area (Å²) >= 11 is 5.70. The summed E-state index contributed by atoms with van der Waals surface area (Å²) in [6.07, 6.45) is 4.99. The summed E-state index contributed by atoms with van der Waals surface area (Å²) in [4.78, 5) is 0.393. The van der Waals surface area contributed by atoms with Crippen molar-refractivity contribution in [1.29, 1.82) is 0 Å². The summed E-state index contributed by atoms with van der Waals surface area (Å²) in [5, 5.41) is 0. The summed E-state index contributed by atoms with van der Waals surface area (Å²) < 4.78 is 27.1. The van der Waals surface area contributed by atoms with Gasteiger partial charge in [0.15, 0.2) is 0 Å². The lowest BCUT2D eigenvalue weighted by atomic mass is 10.2. The first kappa shape index (κ1) is 15.8. The van der Waals surface area contributed by atoms with Crippen LogP contribution in [-0.2, 0) is 16.4 Å². The van der Waals surface area contributed by atoms with Gasteiger partial charge in [0, 0.05) is 18.5 Å². The standard InChI is InChI=1S/C15H22ClNO2S/c1-2-17(14-5-3-4-6-14)20(18,19)15-9-7-13(8-10-15)11-12-16/h7-10,14H,2-6,11-12H2,1H3. The van der Waals surface area contributed by atoms with E-state index in [-0.39, 0.29) is 6.04 Å². The Bertz CT molecular complexity index is 521. The molecule has 0 aliphatic heterocycles. The number of hydrogen-bond donors (Lipinski definition) is 0. The molecular formula is C15H22ClNO2S. The van der Waals surface area contributed by atoms with E-state index in [0.29, 0.717) is 17.3 Å². The second-order valence-corrected chi connectivity index (χ2v) is 7.50. The third-order valence-corrected chi connectivity index (χ3v) is 6.19. The van der Waals surface area contributed by atoms with E-state index in [2.05, 4.69) is 0 Å². The highest BCUT2D eigenvalue weighted by Gasteiger charge is 2.31. The molecule has 1 aromatic carbocycles. The Morgan fingerprint density at radius 3 is 2.30 bits per heavy atom. The number of sulfonamides is 1. The highest BCUT2D eigenvalue weighted by molar-refractivity contribution is 7.89. The maximum atomic E-state index is 12.7. The molecule has 0 N–H and O–H groups in total. The van der Waals surface area contributed by atoms with Crippen molar-refractivity contribution in [2.24, 2.45) is 0 Å². The van der Waals surface area contributed by atoms with E-state index in [1.165, 1.54) is 0 Å². The minimum Gasteiger partial charge on any atom is -0.207 e. The zero-order valence-corrected chi connectivity index (χ0v) is 13.5. The van der Waals surface area contributed by atoms with Gasteiger partial charge in [-0.15, -0.1) is 11.6 Å². The highest BCUT2D eigenvalue weighted by atomic mass is 35.5. The zero-order chi connectivity index (χ0) is 14.6. The molecule has 1 aliphatic carbocycles. The van der Waals surface area contributed by atoms with Crippen molar-refractivity contribution in [2.75, 3.05) is 12.4 Å². The number of nitrogens with zero attached hydrogens (tertiary/aromatic N) is 1. The Hall–Kier alpha value is -0.580. The average molecular weight is 316 g/mol. The summed E-state index contributed by atoms with van der Waals surface area (Å²) in [5.41, 5.74) is 1.07. The van der Waals surface area contributed by atoms with Gasteiger partial charge in [-0.1, -0.05) is 31.9 Å². The fourth-order valence-electron chi connectivity index (χ4n) is 2.89. The van der Waals surface area contributed by atoms with Gasteiger partial charge in [0.2, 0.25) is 10.0 Å². The number of halogens is 1. The first-order valence-corrected chi connectivity index (χ1v) is 9.23. The molecule has 1 saturated carbocycles. The van der Waals surface area contributed by atoms with Gasteiger partial charge < -0.3 is 0 Å². The number of rotatable bonds is 6. The van der Waals surface area contributed by atoms with Crippen molar-refractivity contribution < 1.29 is 8.42 Å². The SMILES string of the molecule is CCN(C1CCCC1)S(=O)(=O)c1ccc(CCCl)cc1. The van der Waals surface area contributed by atoms with E-state index in [4.69, 9.17) is 11.6 Å². The fraction of sp³-hybridized carbons (Fsp3) is 0.600. The van der Waals surface area contributed by atoms with Crippen molar-refractivity contribution in [3.05, 3.63) is 29.8 Å². The van der Waals surface area contributed by atoms with Gasteiger partial charge in [-0.2, -0.15) is 4.31 Å². The van der Waals surface area contributed by atoms with Gasteiger partial charge in [0.1, 0.15) is 0 Å². The van der Waals surface area contributed by atoms with Crippen molar-refractivity contribution in [1.82, 2.24) is 4.31 Å². The summed E-state index contributed by atoms with van der Waals surface area (Å²) in [6.45, 7) is 2.45. The molecule has 0 spiro atoms. The molecule has 1 aromatic rings. The van der Waals surface area contributed by atoms with E-state index in [1.54, 1.807) is 16.4 Å². The molecule has 2 rings (SSSR count). The maximum Gasteiger partial charge on any atom is 0.243 e. The lowest BCUT2D eigenvalue weighted by Crippen LogP contribution is -2.38. The predicted octanol–water partition coefficient (Wildman–Crippen LogP) is 3.42. The smallest absolute Gasteiger partial charge is 0.207 e. The Labute approximate surface area is 127 Å². The second kappa shape index (κ2) is 6.92. The van der Waals surface area contributed by atoms with Gasteiger partial charge in [-0.3, -0.25) is 0 Å². The number of alkyl halides is 1. The Morgan fingerprint density at radius 1 is 1.20 bits per heavy atom. The van der Waals surface area contributed by atoms with Gasteiger partial charge in [0.25, 0.3) is 0 Å². The molecule has 3 nitrogen and oxygen atoms in total. The quantitative estimate of drug-likeness (QED) is 0.754. The third-order valence-electron chi connectivity index (χ3n) is 3.96. The van der Waals surface area contributed by atoms with Gasteiger partial charge >= 0.3 is 0 Å². The van der Waals surface area contributed by atoms with Crippen LogP contribution in [0.5, 0.6) is 0 Å². The van der Waals surface area contributed by atoms with Crippen molar-refractivity contribution in [3.8, 4) is 0 Å². The predicted molar refractivity (Wildman–Crippen MR) is 82.7 cm³/mol. The van der Waals surface area contributed by atoms with Crippen LogP contribution in [0.15, 0.2) is 29.2 Å². The first-order valence-electron chi connectivity index (χ1n) is 7.26. The summed E-state index contributed by atoms with van der Waals surface area (Å²) in [7, 11) is -3.37. The molecule has 0 atom stereocenters. The fourth-order valence-corrected chi connectivity index (χ4v) is 4.80. The van der Waals surface area contributed by atoms with Crippen LogP contribution in [0.3, 0.4) is 0 Å². The van der Waals surface area contributed by atoms with E-state index in [1.807, 2.05) is 19.1 Å². The number of aryl methyl sites for hydroxylation is 1. The van der Waals surface area contributed by atoms with Gasteiger partial charge in [-0.25, -0.2) is 8.42 Å². The molecule has 0 amide bonds. The molecule has 5 heteroatoms. The molecule has 112 valence electrons. The van der Waals surface area contributed by atoms with Crippen LogP contribution in [0, 0.1) is 0 Å². The van der Waals surface area contributed by atoms with Gasteiger partial charge in [0.05, 0.1) is 4.90 Å². The lowest BCUT2D eigenvalue weighted by Gasteiger charge is -2.26. The van der Waals surface area contributed by atoms with Crippen LogP contribution in [0.4, 0.5) is 0 Å². The van der Waals surface area contributed by atoms with Crippen LogP contribution >= 0.6 is 11.6 Å². The summed E-state index contributed by atoms with van der Waals surface area (Å²) in [5.74, 6) is 0.551. The Balaban J connectivity index is 2.23. The van der Waals surface area contributed by atoms with Crippen LogP contribution < -0.4 is 0 Å². The van der Waals surface area contributed by atoms with Crippen LogP contribution in [0.25, 0.3) is 0 Å². The topological polar surface area (TPSA) is 37.4 Å². The Kier molecular flexibility index (Phi) is 5.47. The lowest BCUT2D eigenvalue weighted by molar-refractivity contribution is 0.335. The van der Waals surface area contributed by atoms with E-state index >= 15 is 0 Å². The van der Waals surface area contributed by atoms with Crippen LogP contribution in [0.2, 0.25) is 0 Å². The largest absolute Gasteiger partial charge is 0.243 e. The minimum atomic E-state index is -3.37. The molecule has 0 radical (unpaired) electrons. The van der Waals surface area contributed by atoms with E-state index in [0.717, 1.165) is 37.7 Å². The van der Waals surface area contributed by atoms with Crippen molar-refractivity contribution in [2.45, 2.75) is 50.0 Å². The average Bonchev–Trinajstić information content (AvgIpc) is 2.94. The molecule has 0 unspecified atom stereocenters. The van der Waals surface area contributed by atoms with Crippen LogP contribution in [0.1, 0.15) is 38.2 Å². The number of hydrogen-bond acceptors (Lipinski definition) is 2. The van der Waals surface area contributed by atoms with Crippen LogP contribution in [-0.4, -0.2) is 31.2 Å². The van der Waals surface area contributed by atoms with E-state index in [9.17, 15) is 8.42 Å². The first-order chi connectivity index (χ1) is 9.59. The molecule has 0 bridgehead atoms. The second-order valence-electron chi connectivity index (χ2n) is 5.23. The molecule has 1 fully saturated rings.